The number of hydrogen-bond acceptors (Lipinski definition) is 2. The van der Waals surface area contributed by atoms with Gasteiger partial charge in [-0.25, -0.2) is 0 Å². The fraction of sp³-hybridized carbons (Fsp3) is 0.913. The normalized spacial score (nSPS) is 12.0. The van der Waals surface area contributed by atoms with Gasteiger partial charge in [0.1, 0.15) is 0 Å². The van der Waals surface area contributed by atoms with Crippen LogP contribution in [-0.2, 0) is 9.59 Å². The minimum atomic E-state index is -1.25. The van der Waals surface area contributed by atoms with Gasteiger partial charge < -0.3 is 13.1 Å². The van der Waals surface area contributed by atoms with E-state index in [0.29, 0.717) is 0 Å². The summed E-state index contributed by atoms with van der Waals surface area (Å²) in [7, 11) is 0. The van der Waals surface area contributed by atoms with Gasteiger partial charge >= 0.3 is 35.0 Å². The number of unbranched alkanes of at least 4 members (excludes halogenated alkanes) is 12. The Bertz CT molecular complexity index is 370. The molecule has 1 atom stereocenters. The van der Waals surface area contributed by atoms with Crippen molar-refractivity contribution in [2.24, 2.45) is 11.8 Å². The van der Waals surface area contributed by atoms with Gasteiger partial charge in [0, 0.05) is 0 Å². The van der Waals surface area contributed by atoms with Crippen LogP contribution in [0, 0.1) is 11.8 Å². The molecule has 0 aromatic carbocycles. The first-order chi connectivity index (χ1) is 13.0. The molecular formula is C23H46MgO4. The van der Waals surface area contributed by atoms with Crippen LogP contribution in [0.4, 0.5) is 0 Å². The van der Waals surface area contributed by atoms with Gasteiger partial charge in [-0.3, -0.25) is 9.59 Å². The molecule has 164 valence electrons. The smallest absolute Gasteiger partial charge is 1.00 e. The first-order valence-electron chi connectivity index (χ1n) is 11.5. The Hall–Kier alpha value is -0.294. The molecule has 4 nitrogen and oxygen atoms in total. The molecule has 0 aromatic heterocycles. The van der Waals surface area contributed by atoms with Crippen LogP contribution in [0.3, 0.4) is 0 Å². The standard InChI is InChI=1S/C23H44O4.Mg.2H/c1-3-5-7-9-10-11-12-13-14-16-18-20(17-15-8-6-4-2)19-21(22(24)25)23(26)27;;;/h20-21H,3-19H2,1-2H3,(H,24,25)(H,26,27);;;/q;+2;2*-1. The maximum atomic E-state index is 11.2. The van der Waals surface area contributed by atoms with Crippen LogP contribution < -0.4 is 0 Å². The average Bonchev–Trinajstić information content (AvgIpc) is 2.63. The van der Waals surface area contributed by atoms with Crippen molar-refractivity contribution in [1.29, 1.82) is 0 Å². The molecule has 28 heavy (non-hydrogen) atoms. The number of carboxylic acids is 2. The molecule has 0 rings (SSSR count). The van der Waals surface area contributed by atoms with Gasteiger partial charge in [0.2, 0.25) is 0 Å². The molecule has 0 spiro atoms. The van der Waals surface area contributed by atoms with E-state index in [1.165, 1.54) is 70.6 Å². The summed E-state index contributed by atoms with van der Waals surface area (Å²) in [4.78, 5) is 22.4. The van der Waals surface area contributed by atoms with Crippen LogP contribution in [0.15, 0.2) is 0 Å². The maximum absolute atomic E-state index is 11.2. The minimum Gasteiger partial charge on any atom is -1.00 e. The number of carboxylic acid groups (broad SMARTS) is 2. The van der Waals surface area contributed by atoms with Crippen molar-refractivity contribution in [3.8, 4) is 0 Å². The molecule has 0 fully saturated rings. The number of rotatable bonds is 20. The average molecular weight is 411 g/mol. The largest absolute Gasteiger partial charge is 2.00 e. The second-order valence-corrected chi connectivity index (χ2v) is 8.15. The van der Waals surface area contributed by atoms with Gasteiger partial charge in [-0.1, -0.05) is 117 Å². The van der Waals surface area contributed by atoms with Gasteiger partial charge in [0.05, 0.1) is 0 Å². The van der Waals surface area contributed by atoms with E-state index in [1.807, 2.05) is 0 Å². The molecule has 0 aliphatic heterocycles. The number of hydrogen-bond donors (Lipinski definition) is 2. The third-order valence-corrected chi connectivity index (χ3v) is 5.60. The van der Waals surface area contributed by atoms with Crippen LogP contribution >= 0.6 is 0 Å². The van der Waals surface area contributed by atoms with Crippen LogP contribution in [0.25, 0.3) is 0 Å². The molecule has 0 saturated heterocycles. The molecule has 1 unspecified atom stereocenters. The monoisotopic (exact) mass is 410 g/mol. The third kappa shape index (κ3) is 17.8. The topological polar surface area (TPSA) is 74.6 Å². The Morgan fingerprint density at radius 1 is 0.643 bits per heavy atom. The van der Waals surface area contributed by atoms with E-state index in [0.717, 1.165) is 32.1 Å². The van der Waals surface area contributed by atoms with Gasteiger partial charge in [-0.2, -0.15) is 0 Å². The van der Waals surface area contributed by atoms with E-state index >= 15 is 0 Å². The second kappa shape index (κ2) is 21.4. The molecule has 0 radical (unpaired) electrons. The first kappa shape index (κ1) is 29.9. The van der Waals surface area contributed by atoms with Crippen LogP contribution in [0.5, 0.6) is 0 Å². The van der Waals surface area contributed by atoms with Crippen molar-refractivity contribution in [3.05, 3.63) is 0 Å². The quantitative estimate of drug-likeness (QED) is 0.130. The Balaban J connectivity index is -0.00000113. The summed E-state index contributed by atoms with van der Waals surface area (Å²) in [5, 5.41) is 18.3. The summed E-state index contributed by atoms with van der Waals surface area (Å²) in [6.45, 7) is 4.42. The molecule has 0 bridgehead atoms. The molecule has 5 heteroatoms. The summed E-state index contributed by atoms with van der Waals surface area (Å²) >= 11 is 0. The van der Waals surface area contributed by atoms with E-state index in [-0.39, 0.29) is 38.2 Å². The van der Waals surface area contributed by atoms with Crippen molar-refractivity contribution in [3.63, 3.8) is 0 Å². The van der Waals surface area contributed by atoms with Crippen molar-refractivity contribution in [2.75, 3.05) is 0 Å². The fourth-order valence-electron chi connectivity index (χ4n) is 3.80. The summed E-state index contributed by atoms with van der Waals surface area (Å²) in [5.41, 5.74) is 0. The van der Waals surface area contributed by atoms with Crippen molar-refractivity contribution >= 4 is 35.0 Å². The SMILES string of the molecule is CCCCCCCCCCCCC(CCCCCC)CC(C(=O)O)C(=O)O.[H-].[H-].[Mg+2]. The van der Waals surface area contributed by atoms with E-state index in [4.69, 9.17) is 10.2 Å². The zero-order valence-electron chi connectivity index (χ0n) is 20.6. The van der Waals surface area contributed by atoms with E-state index in [1.54, 1.807) is 0 Å². The first-order valence-corrected chi connectivity index (χ1v) is 11.5. The van der Waals surface area contributed by atoms with Crippen molar-refractivity contribution < 1.29 is 22.7 Å². The van der Waals surface area contributed by atoms with Crippen LogP contribution in [0.2, 0.25) is 0 Å². The zero-order valence-corrected chi connectivity index (χ0v) is 20.0. The summed E-state index contributed by atoms with van der Waals surface area (Å²) in [6, 6.07) is 0. The summed E-state index contributed by atoms with van der Waals surface area (Å²) < 4.78 is 0. The van der Waals surface area contributed by atoms with Crippen LogP contribution in [0.1, 0.15) is 126 Å². The molecule has 0 aliphatic carbocycles. The molecule has 0 aromatic rings. The Morgan fingerprint density at radius 2 is 0.964 bits per heavy atom. The summed E-state index contributed by atoms with van der Waals surface area (Å²) in [6.07, 6.45) is 19.7. The molecule has 0 amide bonds. The van der Waals surface area contributed by atoms with Gasteiger partial charge in [-0.15, -0.1) is 0 Å². The Kier molecular flexibility index (Phi) is 22.9. The van der Waals surface area contributed by atoms with Gasteiger partial charge in [-0.05, 0) is 12.3 Å². The van der Waals surface area contributed by atoms with E-state index in [9.17, 15) is 9.59 Å². The Morgan fingerprint density at radius 3 is 1.32 bits per heavy atom. The zero-order chi connectivity index (χ0) is 20.3. The number of carbonyl (C=O) groups is 2. The third-order valence-electron chi connectivity index (χ3n) is 5.60. The van der Waals surface area contributed by atoms with E-state index in [2.05, 4.69) is 13.8 Å². The summed E-state index contributed by atoms with van der Waals surface area (Å²) in [5.74, 6) is -3.40. The minimum absolute atomic E-state index is 0. The fourth-order valence-corrected chi connectivity index (χ4v) is 3.80. The predicted molar refractivity (Wildman–Crippen MR) is 120 cm³/mol. The molecule has 0 aliphatic rings. The molecule has 0 heterocycles. The van der Waals surface area contributed by atoms with Gasteiger partial charge in [0.15, 0.2) is 5.92 Å². The van der Waals surface area contributed by atoms with Gasteiger partial charge in [0.25, 0.3) is 0 Å². The Labute approximate surface area is 192 Å². The van der Waals surface area contributed by atoms with Crippen LogP contribution in [-0.4, -0.2) is 45.2 Å². The molecule has 2 N–H and O–H groups in total. The van der Waals surface area contributed by atoms with E-state index < -0.39 is 17.9 Å². The van der Waals surface area contributed by atoms with Crippen molar-refractivity contribution in [2.45, 2.75) is 123 Å². The molecule has 0 saturated carbocycles. The number of aliphatic carboxylic acids is 2. The second-order valence-electron chi connectivity index (χ2n) is 8.15. The molecular weight excluding hydrogens is 365 g/mol. The maximum Gasteiger partial charge on any atom is 2.00 e. The van der Waals surface area contributed by atoms with Crippen molar-refractivity contribution in [1.82, 2.24) is 0 Å². The predicted octanol–water partition coefficient (Wildman–Crippen LogP) is 6.90.